The number of ether oxygens (including phenoxy) is 1. The van der Waals surface area contributed by atoms with Crippen LogP contribution in [0.3, 0.4) is 0 Å². The summed E-state index contributed by atoms with van der Waals surface area (Å²) in [5.74, 6) is 0.250. The Labute approximate surface area is 151 Å². The molecule has 1 N–H and O–H groups in total. The third-order valence-electron chi connectivity index (χ3n) is 3.64. The van der Waals surface area contributed by atoms with Crippen LogP contribution in [0.1, 0.15) is 21.5 Å². The van der Waals surface area contributed by atoms with E-state index in [1.54, 1.807) is 42.7 Å². The van der Waals surface area contributed by atoms with Gasteiger partial charge in [0.25, 0.3) is 5.91 Å². The van der Waals surface area contributed by atoms with Crippen molar-refractivity contribution in [3.63, 3.8) is 0 Å². The minimum Gasteiger partial charge on any atom is -0.488 e. The number of amides is 1. The molecule has 126 valence electrons. The number of anilines is 1. The summed E-state index contributed by atoms with van der Waals surface area (Å²) in [5.41, 5.74) is 3.06. The highest BCUT2D eigenvalue weighted by Crippen LogP contribution is 2.23. The van der Waals surface area contributed by atoms with Gasteiger partial charge in [-0.25, -0.2) is 0 Å². The molecule has 1 amide bonds. The first-order valence-electron chi connectivity index (χ1n) is 7.82. The summed E-state index contributed by atoms with van der Waals surface area (Å²) in [4.78, 5) is 16.5. The fourth-order valence-corrected chi connectivity index (χ4v) is 2.56. The average Bonchev–Trinajstić information content (AvgIpc) is 2.63. The summed E-state index contributed by atoms with van der Waals surface area (Å²) in [7, 11) is 0. The number of benzene rings is 2. The summed E-state index contributed by atoms with van der Waals surface area (Å²) in [6.45, 7) is 2.28. The van der Waals surface area contributed by atoms with E-state index in [0.29, 0.717) is 22.0 Å². The maximum atomic E-state index is 12.5. The molecule has 3 aromatic rings. The smallest absolute Gasteiger partial charge is 0.259 e. The Morgan fingerprint density at radius 3 is 2.80 bits per heavy atom. The van der Waals surface area contributed by atoms with Crippen LogP contribution in [0.5, 0.6) is 5.75 Å². The lowest BCUT2D eigenvalue weighted by Crippen LogP contribution is -2.13. The van der Waals surface area contributed by atoms with E-state index < -0.39 is 0 Å². The van der Waals surface area contributed by atoms with Gasteiger partial charge in [-0.05, 0) is 37.3 Å². The molecule has 0 atom stereocenters. The molecular weight excluding hydrogens is 336 g/mol. The Morgan fingerprint density at radius 2 is 2.00 bits per heavy atom. The zero-order chi connectivity index (χ0) is 17.6. The molecule has 0 bridgehead atoms. The van der Waals surface area contributed by atoms with Crippen LogP contribution in [0.2, 0.25) is 5.02 Å². The number of hydrogen-bond acceptors (Lipinski definition) is 3. The van der Waals surface area contributed by atoms with Gasteiger partial charge in [0.05, 0.1) is 17.4 Å². The Bertz CT molecular complexity index is 882. The van der Waals surface area contributed by atoms with Crippen LogP contribution in [0.25, 0.3) is 0 Å². The molecule has 0 aliphatic carbocycles. The lowest BCUT2D eigenvalue weighted by molar-refractivity contribution is 0.102. The van der Waals surface area contributed by atoms with Crippen LogP contribution in [0.4, 0.5) is 5.69 Å². The topological polar surface area (TPSA) is 51.2 Å². The van der Waals surface area contributed by atoms with Gasteiger partial charge < -0.3 is 10.1 Å². The molecule has 3 rings (SSSR count). The monoisotopic (exact) mass is 352 g/mol. The number of hydrogen-bond donors (Lipinski definition) is 1. The number of carbonyl (C=O) groups excluding carboxylic acids is 1. The molecule has 1 aromatic heterocycles. The van der Waals surface area contributed by atoms with E-state index >= 15 is 0 Å². The van der Waals surface area contributed by atoms with E-state index in [0.717, 1.165) is 11.1 Å². The van der Waals surface area contributed by atoms with Crippen molar-refractivity contribution in [2.45, 2.75) is 13.5 Å². The van der Waals surface area contributed by atoms with Crippen molar-refractivity contribution in [1.82, 2.24) is 4.98 Å². The fraction of sp³-hybridized carbons (Fsp3) is 0.100. The van der Waals surface area contributed by atoms with Gasteiger partial charge in [-0.15, -0.1) is 0 Å². The summed E-state index contributed by atoms with van der Waals surface area (Å²) >= 11 is 6.21. The zero-order valence-corrected chi connectivity index (χ0v) is 14.5. The number of aromatic nitrogens is 1. The van der Waals surface area contributed by atoms with Crippen molar-refractivity contribution >= 4 is 23.2 Å². The van der Waals surface area contributed by atoms with E-state index in [4.69, 9.17) is 16.3 Å². The third kappa shape index (κ3) is 4.37. The van der Waals surface area contributed by atoms with Crippen molar-refractivity contribution in [1.29, 1.82) is 0 Å². The van der Waals surface area contributed by atoms with E-state index in [1.807, 2.05) is 31.2 Å². The van der Waals surface area contributed by atoms with E-state index in [1.165, 1.54) is 0 Å². The highest BCUT2D eigenvalue weighted by Gasteiger charge is 2.13. The van der Waals surface area contributed by atoms with E-state index in [9.17, 15) is 4.79 Å². The van der Waals surface area contributed by atoms with Crippen LogP contribution >= 0.6 is 11.6 Å². The first-order valence-corrected chi connectivity index (χ1v) is 8.19. The maximum absolute atomic E-state index is 12.5. The van der Waals surface area contributed by atoms with Gasteiger partial charge in [-0.1, -0.05) is 41.4 Å². The van der Waals surface area contributed by atoms with E-state index in [2.05, 4.69) is 10.3 Å². The second-order valence-electron chi connectivity index (χ2n) is 5.58. The highest BCUT2D eigenvalue weighted by atomic mass is 35.5. The predicted molar refractivity (Wildman–Crippen MR) is 99.2 cm³/mol. The molecule has 0 saturated carbocycles. The van der Waals surface area contributed by atoms with Crippen molar-refractivity contribution in [2.75, 3.05) is 5.32 Å². The number of rotatable bonds is 5. The van der Waals surface area contributed by atoms with Crippen LogP contribution in [0, 0.1) is 6.92 Å². The van der Waals surface area contributed by atoms with Gasteiger partial charge in [-0.2, -0.15) is 0 Å². The molecule has 0 radical (unpaired) electrons. The van der Waals surface area contributed by atoms with Gasteiger partial charge >= 0.3 is 0 Å². The molecule has 1 heterocycles. The standard InChI is InChI=1S/C20H17ClN2O2/c1-14-8-9-18(21)15(11-14)13-25-19-7-3-2-6-17(19)20(24)23-16-5-4-10-22-12-16/h2-12H,13H2,1H3,(H,23,24). The number of para-hydroxylation sites is 1. The van der Waals surface area contributed by atoms with Gasteiger partial charge in [0.2, 0.25) is 0 Å². The van der Waals surface area contributed by atoms with Crippen molar-refractivity contribution in [3.05, 3.63) is 88.7 Å². The number of aryl methyl sites for hydroxylation is 1. The van der Waals surface area contributed by atoms with Crippen molar-refractivity contribution < 1.29 is 9.53 Å². The molecule has 0 fully saturated rings. The number of pyridine rings is 1. The molecule has 0 unspecified atom stereocenters. The van der Waals surface area contributed by atoms with Crippen LogP contribution < -0.4 is 10.1 Å². The predicted octanol–water partition coefficient (Wildman–Crippen LogP) is 4.87. The Balaban J connectivity index is 1.76. The quantitative estimate of drug-likeness (QED) is 0.712. The third-order valence-corrected chi connectivity index (χ3v) is 4.00. The largest absolute Gasteiger partial charge is 0.488 e. The van der Waals surface area contributed by atoms with Gasteiger partial charge in [0.15, 0.2) is 0 Å². The number of nitrogens with zero attached hydrogens (tertiary/aromatic N) is 1. The second-order valence-corrected chi connectivity index (χ2v) is 5.98. The van der Waals surface area contributed by atoms with Gasteiger partial charge in [-0.3, -0.25) is 9.78 Å². The lowest BCUT2D eigenvalue weighted by atomic mass is 10.1. The van der Waals surface area contributed by atoms with Crippen LogP contribution in [0.15, 0.2) is 67.0 Å². The van der Waals surface area contributed by atoms with Gasteiger partial charge in [0, 0.05) is 16.8 Å². The molecule has 0 saturated heterocycles. The Kier molecular flexibility index (Phi) is 5.31. The first kappa shape index (κ1) is 17.0. The molecule has 0 spiro atoms. The Hall–Kier alpha value is -2.85. The number of carbonyl (C=O) groups is 1. The summed E-state index contributed by atoms with van der Waals surface area (Å²) in [6, 6.07) is 16.4. The molecule has 5 heteroatoms. The summed E-state index contributed by atoms with van der Waals surface area (Å²) in [5, 5.41) is 3.45. The SMILES string of the molecule is Cc1ccc(Cl)c(COc2ccccc2C(=O)Nc2cccnc2)c1. The lowest BCUT2D eigenvalue weighted by Gasteiger charge is -2.13. The minimum atomic E-state index is -0.251. The highest BCUT2D eigenvalue weighted by molar-refractivity contribution is 6.31. The molecule has 0 aliphatic rings. The average molecular weight is 353 g/mol. The number of halogens is 1. The molecule has 4 nitrogen and oxygen atoms in total. The van der Waals surface area contributed by atoms with Crippen LogP contribution in [-0.2, 0) is 6.61 Å². The maximum Gasteiger partial charge on any atom is 0.259 e. The normalized spacial score (nSPS) is 10.3. The fourth-order valence-electron chi connectivity index (χ4n) is 2.38. The molecule has 0 aliphatic heterocycles. The molecular formula is C20H17ClN2O2. The Morgan fingerprint density at radius 1 is 1.16 bits per heavy atom. The summed E-state index contributed by atoms with van der Waals surface area (Å²) < 4.78 is 5.86. The minimum absolute atomic E-state index is 0.251. The zero-order valence-electron chi connectivity index (χ0n) is 13.7. The molecule has 25 heavy (non-hydrogen) atoms. The van der Waals surface area contributed by atoms with Crippen molar-refractivity contribution in [3.8, 4) is 5.75 Å². The van der Waals surface area contributed by atoms with Gasteiger partial charge in [0.1, 0.15) is 12.4 Å². The van der Waals surface area contributed by atoms with Crippen molar-refractivity contribution in [2.24, 2.45) is 0 Å². The first-order chi connectivity index (χ1) is 12.1. The van der Waals surface area contributed by atoms with Crippen LogP contribution in [-0.4, -0.2) is 10.9 Å². The molecule has 2 aromatic carbocycles. The summed E-state index contributed by atoms with van der Waals surface area (Å²) in [6.07, 6.45) is 3.24. The number of nitrogens with one attached hydrogen (secondary N) is 1. The second kappa shape index (κ2) is 7.81. The van der Waals surface area contributed by atoms with E-state index in [-0.39, 0.29) is 12.5 Å².